The van der Waals surface area contributed by atoms with Crippen molar-refractivity contribution < 1.29 is 4.79 Å². The molecular weight excluding hydrogens is 286 g/mol. The summed E-state index contributed by atoms with van der Waals surface area (Å²) in [4.78, 5) is 27.2. The van der Waals surface area contributed by atoms with E-state index in [1.54, 1.807) is 6.20 Å². The van der Waals surface area contributed by atoms with Gasteiger partial charge in [0.25, 0.3) is 5.91 Å². The molecule has 21 heavy (non-hydrogen) atoms. The fourth-order valence-electron chi connectivity index (χ4n) is 2.88. The summed E-state index contributed by atoms with van der Waals surface area (Å²) >= 11 is 1.54. The van der Waals surface area contributed by atoms with Gasteiger partial charge in [0.05, 0.1) is 0 Å². The number of thiazole rings is 1. The number of carbonyl (C=O) groups is 1. The lowest BCUT2D eigenvalue weighted by Crippen LogP contribution is -2.39. The van der Waals surface area contributed by atoms with Crippen molar-refractivity contribution in [2.75, 3.05) is 13.1 Å². The van der Waals surface area contributed by atoms with Gasteiger partial charge in [0.2, 0.25) is 0 Å². The first-order valence-electron chi connectivity index (χ1n) is 7.02. The Bertz CT molecular complexity index is 731. The van der Waals surface area contributed by atoms with Gasteiger partial charge in [-0.15, -0.1) is 11.3 Å². The molecule has 1 saturated heterocycles. The predicted octanol–water partition coefficient (Wildman–Crippen LogP) is 2.14. The summed E-state index contributed by atoms with van der Waals surface area (Å²) in [6, 6.07) is 0. The SMILES string of the molecule is O=C(c1cn2ccsc2n1)N1CCCC(c2ncc[nH]2)C1. The number of aromatic nitrogens is 4. The maximum Gasteiger partial charge on any atom is 0.274 e. The fraction of sp³-hybridized carbons (Fsp3) is 0.357. The summed E-state index contributed by atoms with van der Waals surface area (Å²) in [5.41, 5.74) is 0.530. The lowest BCUT2D eigenvalue weighted by Gasteiger charge is -2.31. The van der Waals surface area contributed by atoms with Crippen molar-refractivity contribution in [3.63, 3.8) is 0 Å². The number of hydrogen-bond donors (Lipinski definition) is 1. The molecule has 3 aromatic rings. The standard InChI is InChI=1S/C14H15N5OS/c20-13(11-9-19-6-7-21-14(19)17-11)18-5-1-2-10(8-18)12-15-3-4-16-12/h3-4,6-7,9-10H,1-2,5,8H2,(H,15,16). The lowest BCUT2D eigenvalue weighted by atomic mass is 9.97. The molecule has 3 aromatic heterocycles. The van der Waals surface area contributed by atoms with E-state index in [2.05, 4.69) is 15.0 Å². The van der Waals surface area contributed by atoms with Gasteiger partial charge in [0.15, 0.2) is 4.96 Å². The molecule has 6 nitrogen and oxygen atoms in total. The molecular formula is C14H15N5OS. The Morgan fingerprint density at radius 2 is 2.43 bits per heavy atom. The number of fused-ring (bicyclic) bond motifs is 1. The maximum absolute atomic E-state index is 12.6. The number of carbonyl (C=O) groups excluding carboxylic acids is 1. The minimum absolute atomic E-state index is 0.0159. The van der Waals surface area contributed by atoms with E-state index in [1.807, 2.05) is 33.3 Å². The van der Waals surface area contributed by atoms with E-state index in [1.165, 1.54) is 11.3 Å². The zero-order valence-corrected chi connectivity index (χ0v) is 12.2. The Hall–Kier alpha value is -2.15. The molecule has 1 unspecified atom stereocenters. The molecule has 1 amide bonds. The number of likely N-dealkylation sites (tertiary alicyclic amines) is 1. The van der Waals surface area contributed by atoms with Crippen LogP contribution < -0.4 is 0 Å². The molecule has 4 heterocycles. The van der Waals surface area contributed by atoms with Crippen molar-refractivity contribution in [1.82, 2.24) is 24.3 Å². The highest BCUT2D eigenvalue weighted by Gasteiger charge is 2.28. The van der Waals surface area contributed by atoms with Gasteiger partial charge in [-0.25, -0.2) is 9.97 Å². The third-order valence-electron chi connectivity index (χ3n) is 3.93. The molecule has 1 N–H and O–H groups in total. The van der Waals surface area contributed by atoms with Gasteiger partial charge in [0, 0.05) is 49.2 Å². The van der Waals surface area contributed by atoms with Gasteiger partial charge < -0.3 is 9.88 Å². The number of H-pyrrole nitrogens is 1. The zero-order chi connectivity index (χ0) is 14.2. The number of nitrogens with one attached hydrogen (secondary N) is 1. The first kappa shape index (κ1) is 12.6. The third kappa shape index (κ3) is 2.23. The van der Waals surface area contributed by atoms with E-state index in [-0.39, 0.29) is 5.91 Å². The van der Waals surface area contributed by atoms with Crippen LogP contribution in [0.5, 0.6) is 0 Å². The van der Waals surface area contributed by atoms with Crippen LogP contribution in [0.4, 0.5) is 0 Å². The third-order valence-corrected chi connectivity index (χ3v) is 4.70. The van der Waals surface area contributed by atoms with Crippen LogP contribution >= 0.6 is 11.3 Å². The smallest absolute Gasteiger partial charge is 0.274 e. The van der Waals surface area contributed by atoms with Crippen LogP contribution in [0.1, 0.15) is 35.1 Å². The molecule has 0 aliphatic carbocycles. The van der Waals surface area contributed by atoms with Crippen molar-refractivity contribution in [3.8, 4) is 0 Å². The predicted molar refractivity (Wildman–Crippen MR) is 79.5 cm³/mol. The molecule has 1 fully saturated rings. The molecule has 1 aliphatic heterocycles. The Kier molecular flexibility index (Phi) is 2.99. The topological polar surface area (TPSA) is 66.3 Å². The highest BCUT2D eigenvalue weighted by Crippen LogP contribution is 2.25. The molecule has 1 atom stereocenters. The summed E-state index contributed by atoms with van der Waals surface area (Å²) in [5, 5.41) is 1.96. The molecule has 0 saturated carbocycles. The number of nitrogens with zero attached hydrogens (tertiary/aromatic N) is 4. The minimum Gasteiger partial charge on any atom is -0.348 e. The van der Waals surface area contributed by atoms with E-state index in [9.17, 15) is 4.79 Å². The number of aromatic amines is 1. The van der Waals surface area contributed by atoms with Gasteiger partial charge in [-0.05, 0) is 12.8 Å². The minimum atomic E-state index is 0.0159. The number of hydrogen-bond acceptors (Lipinski definition) is 4. The van der Waals surface area contributed by atoms with E-state index in [4.69, 9.17) is 0 Å². The molecule has 0 bridgehead atoms. The van der Waals surface area contributed by atoms with Gasteiger partial charge in [-0.1, -0.05) is 0 Å². The first-order valence-corrected chi connectivity index (χ1v) is 7.90. The quantitative estimate of drug-likeness (QED) is 0.788. The van der Waals surface area contributed by atoms with Crippen LogP contribution in [0.3, 0.4) is 0 Å². The zero-order valence-electron chi connectivity index (χ0n) is 11.4. The first-order chi connectivity index (χ1) is 10.3. The summed E-state index contributed by atoms with van der Waals surface area (Å²) in [7, 11) is 0. The Labute approximate surface area is 125 Å². The monoisotopic (exact) mass is 301 g/mol. The van der Waals surface area contributed by atoms with Crippen molar-refractivity contribution in [2.45, 2.75) is 18.8 Å². The van der Waals surface area contributed by atoms with Gasteiger partial charge in [-0.3, -0.25) is 9.20 Å². The van der Waals surface area contributed by atoms with E-state index >= 15 is 0 Å². The number of rotatable bonds is 2. The normalized spacial score (nSPS) is 19.2. The average molecular weight is 301 g/mol. The fourth-order valence-corrected chi connectivity index (χ4v) is 3.58. The molecule has 0 radical (unpaired) electrons. The molecule has 0 spiro atoms. The number of imidazole rings is 2. The molecule has 1 aliphatic rings. The van der Waals surface area contributed by atoms with E-state index in [0.717, 1.165) is 30.2 Å². The Morgan fingerprint density at radius 1 is 1.48 bits per heavy atom. The summed E-state index contributed by atoms with van der Waals surface area (Å²) in [6.45, 7) is 1.50. The van der Waals surface area contributed by atoms with Gasteiger partial charge >= 0.3 is 0 Å². The summed E-state index contributed by atoms with van der Waals surface area (Å²) < 4.78 is 1.89. The molecule has 0 aromatic carbocycles. The van der Waals surface area contributed by atoms with Crippen LogP contribution in [0, 0.1) is 0 Å². The summed E-state index contributed by atoms with van der Waals surface area (Å²) in [6.07, 6.45) is 9.39. The van der Waals surface area contributed by atoms with Crippen molar-refractivity contribution in [3.05, 3.63) is 41.7 Å². The summed E-state index contributed by atoms with van der Waals surface area (Å²) in [5.74, 6) is 1.28. The average Bonchev–Trinajstić information content (AvgIpc) is 3.22. The Balaban J connectivity index is 1.55. The van der Waals surface area contributed by atoms with E-state index < -0.39 is 0 Å². The highest BCUT2D eigenvalue weighted by atomic mass is 32.1. The van der Waals surface area contributed by atoms with Crippen LogP contribution in [0.25, 0.3) is 4.96 Å². The lowest BCUT2D eigenvalue weighted by molar-refractivity contribution is 0.0699. The highest BCUT2D eigenvalue weighted by molar-refractivity contribution is 7.15. The van der Waals surface area contributed by atoms with Crippen molar-refractivity contribution >= 4 is 22.2 Å². The van der Waals surface area contributed by atoms with Crippen LogP contribution in [0.2, 0.25) is 0 Å². The van der Waals surface area contributed by atoms with E-state index in [0.29, 0.717) is 18.2 Å². The largest absolute Gasteiger partial charge is 0.348 e. The van der Waals surface area contributed by atoms with Crippen LogP contribution in [-0.2, 0) is 0 Å². The molecule has 4 rings (SSSR count). The number of amides is 1. The Morgan fingerprint density at radius 3 is 3.24 bits per heavy atom. The second-order valence-electron chi connectivity index (χ2n) is 5.28. The van der Waals surface area contributed by atoms with Gasteiger partial charge in [0.1, 0.15) is 11.5 Å². The second-order valence-corrected chi connectivity index (χ2v) is 6.16. The molecule has 108 valence electrons. The second kappa shape index (κ2) is 5.00. The van der Waals surface area contributed by atoms with Crippen molar-refractivity contribution in [1.29, 1.82) is 0 Å². The maximum atomic E-state index is 12.6. The molecule has 7 heteroatoms. The van der Waals surface area contributed by atoms with Gasteiger partial charge in [-0.2, -0.15) is 0 Å². The van der Waals surface area contributed by atoms with Crippen LogP contribution in [0.15, 0.2) is 30.2 Å². The van der Waals surface area contributed by atoms with Crippen molar-refractivity contribution in [2.24, 2.45) is 0 Å². The number of piperidine rings is 1. The van der Waals surface area contributed by atoms with Crippen LogP contribution in [-0.4, -0.2) is 43.2 Å².